The second-order valence-electron chi connectivity index (χ2n) is 8.89. The molecule has 2 heterocycles. The van der Waals surface area contributed by atoms with Gasteiger partial charge in [-0.3, -0.25) is 0 Å². The third kappa shape index (κ3) is 2.96. The van der Waals surface area contributed by atoms with Gasteiger partial charge in [0.05, 0.1) is 22.1 Å². The number of hydrogen-bond acceptors (Lipinski definition) is 2. The van der Waals surface area contributed by atoms with Crippen LogP contribution in [0.3, 0.4) is 0 Å². The molecule has 7 aromatic rings. The SMILES string of the molecule is OB(O)c1ccc(-n2c3ccccc3c3cc(-n4c5ccccc5c5ccccc54)ccc32)cc1. The third-order valence-electron chi connectivity index (χ3n) is 6.94. The Hall–Kier alpha value is -4.32. The van der Waals surface area contributed by atoms with Crippen LogP contribution in [-0.4, -0.2) is 26.3 Å². The molecular formula is C30H21BN2O2. The second-order valence-corrected chi connectivity index (χ2v) is 8.89. The third-order valence-corrected chi connectivity index (χ3v) is 6.94. The van der Waals surface area contributed by atoms with Crippen molar-refractivity contribution in [3.8, 4) is 11.4 Å². The molecule has 0 saturated carbocycles. The van der Waals surface area contributed by atoms with Crippen molar-refractivity contribution < 1.29 is 10.0 Å². The molecule has 0 atom stereocenters. The highest BCUT2D eigenvalue weighted by Gasteiger charge is 2.17. The summed E-state index contributed by atoms with van der Waals surface area (Å²) in [5.41, 5.74) is 7.17. The quantitative estimate of drug-likeness (QED) is 0.345. The lowest BCUT2D eigenvalue weighted by Gasteiger charge is -2.11. The van der Waals surface area contributed by atoms with Gasteiger partial charge in [0, 0.05) is 32.9 Å². The van der Waals surface area contributed by atoms with Gasteiger partial charge in [0.15, 0.2) is 0 Å². The summed E-state index contributed by atoms with van der Waals surface area (Å²) in [6.07, 6.45) is 0. The summed E-state index contributed by atoms with van der Waals surface area (Å²) >= 11 is 0. The molecule has 0 saturated heterocycles. The average Bonchev–Trinajstić information content (AvgIpc) is 3.41. The van der Waals surface area contributed by atoms with E-state index in [1.54, 1.807) is 12.1 Å². The van der Waals surface area contributed by atoms with Gasteiger partial charge in [-0.1, -0.05) is 66.7 Å². The molecule has 4 nitrogen and oxygen atoms in total. The predicted octanol–water partition coefficient (Wildman–Crippen LogP) is 5.56. The molecule has 0 amide bonds. The van der Waals surface area contributed by atoms with E-state index < -0.39 is 7.12 Å². The minimum Gasteiger partial charge on any atom is -0.423 e. The van der Waals surface area contributed by atoms with Crippen molar-refractivity contribution in [3.05, 3.63) is 115 Å². The van der Waals surface area contributed by atoms with Crippen LogP contribution in [0, 0.1) is 0 Å². The lowest BCUT2D eigenvalue weighted by atomic mass is 9.80. The van der Waals surface area contributed by atoms with E-state index in [9.17, 15) is 10.0 Å². The van der Waals surface area contributed by atoms with Gasteiger partial charge < -0.3 is 19.2 Å². The Bertz CT molecular complexity index is 1830. The summed E-state index contributed by atoms with van der Waals surface area (Å²) in [6.45, 7) is 0. The Morgan fingerprint density at radius 3 is 1.40 bits per heavy atom. The first-order valence-corrected chi connectivity index (χ1v) is 11.7. The zero-order valence-electron chi connectivity index (χ0n) is 18.8. The van der Waals surface area contributed by atoms with Crippen LogP contribution in [0.5, 0.6) is 0 Å². The van der Waals surface area contributed by atoms with Gasteiger partial charge in [-0.15, -0.1) is 0 Å². The average molecular weight is 452 g/mol. The van der Waals surface area contributed by atoms with Crippen molar-refractivity contribution in [2.75, 3.05) is 0 Å². The Balaban J connectivity index is 1.52. The molecule has 2 aromatic heterocycles. The van der Waals surface area contributed by atoms with Crippen LogP contribution >= 0.6 is 0 Å². The second kappa shape index (κ2) is 7.60. The van der Waals surface area contributed by atoms with E-state index in [0.29, 0.717) is 5.46 Å². The number of benzene rings is 5. The van der Waals surface area contributed by atoms with E-state index in [2.05, 4.69) is 100 Å². The summed E-state index contributed by atoms with van der Waals surface area (Å²) in [7, 11) is -1.48. The number of aromatic nitrogens is 2. The summed E-state index contributed by atoms with van der Waals surface area (Å²) in [5.74, 6) is 0. The maximum absolute atomic E-state index is 9.51. The van der Waals surface area contributed by atoms with Gasteiger partial charge in [0.25, 0.3) is 0 Å². The first kappa shape index (κ1) is 20.1. The van der Waals surface area contributed by atoms with Crippen molar-refractivity contribution in [1.29, 1.82) is 0 Å². The van der Waals surface area contributed by atoms with Gasteiger partial charge in [-0.2, -0.15) is 0 Å². The van der Waals surface area contributed by atoms with Gasteiger partial charge in [-0.25, -0.2) is 0 Å². The van der Waals surface area contributed by atoms with Crippen LogP contribution in [0.4, 0.5) is 0 Å². The predicted molar refractivity (Wildman–Crippen MR) is 145 cm³/mol. The van der Waals surface area contributed by atoms with E-state index in [0.717, 1.165) is 22.4 Å². The van der Waals surface area contributed by atoms with E-state index in [-0.39, 0.29) is 0 Å². The van der Waals surface area contributed by atoms with Crippen molar-refractivity contribution in [2.45, 2.75) is 0 Å². The van der Waals surface area contributed by atoms with Crippen LogP contribution in [0.15, 0.2) is 115 Å². The summed E-state index contributed by atoms with van der Waals surface area (Å²) < 4.78 is 4.57. The fourth-order valence-electron chi connectivity index (χ4n) is 5.37. The zero-order chi connectivity index (χ0) is 23.5. The number of rotatable bonds is 3. The van der Waals surface area contributed by atoms with E-state index in [4.69, 9.17) is 0 Å². The molecule has 0 aliphatic rings. The van der Waals surface area contributed by atoms with Crippen molar-refractivity contribution in [3.63, 3.8) is 0 Å². The standard InChI is InChI=1S/C30H21BN2O2/c34-31(35)20-13-15-21(16-14-20)32-29-12-6-3-9-25(29)26-19-22(17-18-30(26)32)33-27-10-4-1-7-23(27)24-8-2-5-11-28(24)33/h1-19,34-35H. The van der Waals surface area contributed by atoms with Crippen LogP contribution in [-0.2, 0) is 0 Å². The summed E-state index contributed by atoms with van der Waals surface area (Å²) in [6, 6.07) is 39.5. The largest absolute Gasteiger partial charge is 0.488 e. The van der Waals surface area contributed by atoms with Gasteiger partial charge in [0.2, 0.25) is 0 Å². The summed E-state index contributed by atoms with van der Waals surface area (Å²) in [5, 5.41) is 23.9. The molecule has 2 N–H and O–H groups in total. The summed E-state index contributed by atoms with van der Waals surface area (Å²) in [4.78, 5) is 0. The fourth-order valence-corrected chi connectivity index (χ4v) is 5.37. The molecule has 0 radical (unpaired) electrons. The topological polar surface area (TPSA) is 50.3 Å². The number of nitrogens with zero attached hydrogens (tertiary/aromatic N) is 2. The molecule has 5 heteroatoms. The molecule has 166 valence electrons. The molecule has 0 aliphatic carbocycles. The lowest BCUT2D eigenvalue weighted by molar-refractivity contribution is 0.426. The fraction of sp³-hybridized carbons (Fsp3) is 0. The maximum Gasteiger partial charge on any atom is 0.488 e. The van der Waals surface area contributed by atoms with Crippen molar-refractivity contribution in [2.24, 2.45) is 0 Å². The minimum absolute atomic E-state index is 0.475. The number of hydrogen-bond donors (Lipinski definition) is 2. The van der Waals surface area contributed by atoms with Crippen LogP contribution in [0.2, 0.25) is 0 Å². The van der Waals surface area contributed by atoms with E-state index >= 15 is 0 Å². The Morgan fingerprint density at radius 2 is 0.857 bits per heavy atom. The van der Waals surface area contributed by atoms with Crippen molar-refractivity contribution in [1.82, 2.24) is 9.13 Å². The normalized spacial score (nSPS) is 11.7. The molecule has 0 spiro atoms. The van der Waals surface area contributed by atoms with Gasteiger partial charge in [0.1, 0.15) is 0 Å². The molecule has 0 fully saturated rings. The highest BCUT2D eigenvalue weighted by molar-refractivity contribution is 6.58. The van der Waals surface area contributed by atoms with E-state index in [1.807, 2.05) is 12.1 Å². The highest BCUT2D eigenvalue weighted by Crippen LogP contribution is 2.36. The first-order valence-electron chi connectivity index (χ1n) is 11.7. The molecule has 5 aromatic carbocycles. The molecule has 0 aliphatic heterocycles. The lowest BCUT2D eigenvalue weighted by Crippen LogP contribution is -2.29. The van der Waals surface area contributed by atoms with E-state index in [1.165, 1.54) is 32.6 Å². The Kier molecular flexibility index (Phi) is 4.36. The molecule has 0 bridgehead atoms. The number of para-hydroxylation sites is 3. The number of fused-ring (bicyclic) bond motifs is 6. The van der Waals surface area contributed by atoms with Gasteiger partial charge >= 0.3 is 7.12 Å². The molecule has 35 heavy (non-hydrogen) atoms. The maximum atomic E-state index is 9.51. The molecule has 0 unspecified atom stereocenters. The monoisotopic (exact) mass is 452 g/mol. The van der Waals surface area contributed by atoms with Crippen molar-refractivity contribution >= 4 is 56.2 Å². The Morgan fingerprint density at radius 1 is 0.429 bits per heavy atom. The minimum atomic E-state index is -1.48. The smallest absolute Gasteiger partial charge is 0.423 e. The van der Waals surface area contributed by atoms with Crippen LogP contribution in [0.25, 0.3) is 55.0 Å². The van der Waals surface area contributed by atoms with Gasteiger partial charge in [-0.05, 0) is 54.0 Å². The van der Waals surface area contributed by atoms with Crippen LogP contribution < -0.4 is 5.46 Å². The molecule has 7 rings (SSSR count). The molecular weight excluding hydrogens is 431 g/mol. The zero-order valence-corrected chi connectivity index (χ0v) is 18.8. The highest BCUT2D eigenvalue weighted by atomic mass is 16.4. The Labute approximate surface area is 202 Å². The first-order chi connectivity index (χ1) is 17.2. The van der Waals surface area contributed by atoms with Crippen LogP contribution in [0.1, 0.15) is 0 Å².